The second kappa shape index (κ2) is 6.64. The van der Waals surface area contributed by atoms with Gasteiger partial charge in [0, 0.05) is 20.1 Å². The lowest BCUT2D eigenvalue weighted by Gasteiger charge is -2.34. The van der Waals surface area contributed by atoms with E-state index in [1.807, 2.05) is 0 Å². The van der Waals surface area contributed by atoms with Gasteiger partial charge in [-0.25, -0.2) is 13.1 Å². The largest absolute Gasteiger partial charge is 0.316 e. The van der Waals surface area contributed by atoms with Gasteiger partial charge in [0.15, 0.2) is 0 Å². The lowest BCUT2D eigenvalue weighted by Crippen LogP contribution is -2.45. The molecule has 0 bridgehead atoms. The van der Waals surface area contributed by atoms with Gasteiger partial charge >= 0.3 is 0 Å². The monoisotopic (exact) mass is 336 g/mol. The van der Waals surface area contributed by atoms with Crippen molar-refractivity contribution in [3.05, 3.63) is 11.4 Å². The summed E-state index contributed by atoms with van der Waals surface area (Å²) in [6.45, 7) is 7.94. The molecule has 1 aliphatic rings. The molecule has 21 heavy (non-hydrogen) atoms. The highest BCUT2D eigenvalue weighted by Gasteiger charge is 2.30. The topological polar surface area (TPSA) is 76.0 Å². The van der Waals surface area contributed by atoms with Gasteiger partial charge in [0.25, 0.3) is 0 Å². The lowest BCUT2D eigenvalue weighted by molar-refractivity contribution is 0.238. The van der Waals surface area contributed by atoms with Crippen LogP contribution in [0, 0.1) is 19.3 Å². The SMILES string of the molecule is Cc1nn(C)c(C)c1S(=O)(=O)NCC1(C)CCCNC1.Cl. The van der Waals surface area contributed by atoms with Crippen LogP contribution >= 0.6 is 12.4 Å². The van der Waals surface area contributed by atoms with Crippen LogP contribution < -0.4 is 10.0 Å². The Morgan fingerprint density at radius 1 is 1.43 bits per heavy atom. The van der Waals surface area contributed by atoms with E-state index in [1.54, 1.807) is 25.6 Å². The maximum Gasteiger partial charge on any atom is 0.244 e. The van der Waals surface area contributed by atoms with Crippen LogP contribution in [0.1, 0.15) is 31.2 Å². The zero-order chi connectivity index (χ0) is 15.0. The highest BCUT2D eigenvalue weighted by Crippen LogP contribution is 2.26. The number of halogens is 1. The van der Waals surface area contributed by atoms with Crippen LogP contribution in [0.3, 0.4) is 0 Å². The van der Waals surface area contributed by atoms with Crippen LogP contribution in [0.4, 0.5) is 0 Å². The average Bonchev–Trinajstić information content (AvgIpc) is 2.63. The molecule has 122 valence electrons. The molecule has 1 aromatic heterocycles. The summed E-state index contributed by atoms with van der Waals surface area (Å²) in [5.41, 5.74) is 1.20. The van der Waals surface area contributed by atoms with E-state index < -0.39 is 10.0 Å². The fourth-order valence-electron chi connectivity index (χ4n) is 2.75. The number of piperidine rings is 1. The molecule has 1 aliphatic heterocycles. The average molecular weight is 337 g/mol. The number of hydrogen-bond donors (Lipinski definition) is 2. The fourth-order valence-corrected chi connectivity index (χ4v) is 4.39. The number of nitrogens with one attached hydrogen (secondary N) is 2. The molecule has 0 spiro atoms. The molecular weight excluding hydrogens is 312 g/mol. The van der Waals surface area contributed by atoms with Crippen molar-refractivity contribution in [3.63, 3.8) is 0 Å². The zero-order valence-electron chi connectivity index (χ0n) is 13.1. The third-order valence-corrected chi connectivity index (χ3v) is 5.74. The first-order chi connectivity index (χ1) is 9.25. The minimum Gasteiger partial charge on any atom is -0.316 e. The van der Waals surface area contributed by atoms with Crippen molar-refractivity contribution < 1.29 is 8.42 Å². The predicted molar refractivity (Wildman–Crippen MR) is 85.3 cm³/mol. The standard InChI is InChI=1S/C13H24N4O2S.ClH/c1-10-12(11(2)17(4)16-10)20(18,19)15-9-13(3)6-5-7-14-8-13;/h14-15H,5-9H2,1-4H3;1H. The second-order valence-electron chi connectivity index (χ2n) is 6.04. The van der Waals surface area contributed by atoms with E-state index in [4.69, 9.17) is 0 Å². The first kappa shape index (κ1) is 18.4. The molecule has 2 rings (SSSR count). The number of aryl methyl sites for hydroxylation is 2. The Labute approximate surface area is 133 Å². The Balaban J connectivity index is 0.00000220. The van der Waals surface area contributed by atoms with Crippen LogP contribution in [0.15, 0.2) is 4.90 Å². The summed E-state index contributed by atoms with van der Waals surface area (Å²) >= 11 is 0. The molecule has 6 nitrogen and oxygen atoms in total. The normalized spacial score (nSPS) is 22.9. The summed E-state index contributed by atoms with van der Waals surface area (Å²) < 4.78 is 29.3. The molecule has 2 heterocycles. The Morgan fingerprint density at radius 3 is 2.57 bits per heavy atom. The van der Waals surface area contributed by atoms with Gasteiger partial charge in [-0.05, 0) is 38.6 Å². The molecule has 1 saturated heterocycles. The van der Waals surface area contributed by atoms with Crippen LogP contribution in [-0.2, 0) is 17.1 Å². The number of nitrogens with zero attached hydrogens (tertiary/aromatic N) is 2. The second-order valence-corrected chi connectivity index (χ2v) is 7.74. The van der Waals surface area contributed by atoms with Gasteiger partial charge in [0.2, 0.25) is 10.0 Å². The molecule has 0 radical (unpaired) electrons. The Hall–Kier alpha value is -0.630. The smallest absolute Gasteiger partial charge is 0.244 e. The molecule has 1 atom stereocenters. The molecule has 0 saturated carbocycles. The maximum atomic E-state index is 12.5. The number of rotatable bonds is 4. The van der Waals surface area contributed by atoms with Gasteiger partial charge in [0.05, 0.1) is 11.4 Å². The van der Waals surface area contributed by atoms with Crippen molar-refractivity contribution in [3.8, 4) is 0 Å². The van der Waals surface area contributed by atoms with Crippen molar-refractivity contribution in [2.75, 3.05) is 19.6 Å². The highest BCUT2D eigenvalue weighted by atomic mass is 35.5. The zero-order valence-corrected chi connectivity index (χ0v) is 14.7. The van der Waals surface area contributed by atoms with Crippen LogP contribution in [0.25, 0.3) is 0 Å². The summed E-state index contributed by atoms with van der Waals surface area (Å²) in [5, 5.41) is 7.50. The van der Waals surface area contributed by atoms with E-state index in [0.717, 1.165) is 25.9 Å². The van der Waals surface area contributed by atoms with E-state index in [9.17, 15) is 8.42 Å². The summed E-state index contributed by atoms with van der Waals surface area (Å²) in [6.07, 6.45) is 2.12. The van der Waals surface area contributed by atoms with E-state index in [1.165, 1.54) is 0 Å². The molecule has 0 aromatic carbocycles. The van der Waals surface area contributed by atoms with E-state index in [2.05, 4.69) is 22.1 Å². The van der Waals surface area contributed by atoms with Crippen molar-refractivity contribution in [1.82, 2.24) is 19.8 Å². The molecule has 1 fully saturated rings. The van der Waals surface area contributed by atoms with Gasteiger partial charge < -0.3 is 5.32 Å². The van der Waals surface area contributed by atoms with Crippen molar-refractivity contribution in [1.29, 1.82) is 0 Å². The number of aromatic nitrogens is 2. The first-order valence-electron chi connectivity index (χ1n) is 6.96. The highest BCUT2D eigenvalue weighted by molar-refractivity contribution is 7.89. The predicted octanol–water partition coefficient (Wildman–Crippen LogP) is 1.13. The van der Waals surface area contributed by atoms with Crippen molar-refractivity contribution in [2.45, 2.75) is 38.5 Å². The summed E-state index contributed by atoms with van der Waals surface area (Å²) in [5.74, 6) is 0. The molecule has 1 unspecified atom stereocenters. The fraction of sp³-hybridized carbons (Fsp3) is 0.769. The summed E-state index contributed by atoms with van der Waals surface area (Å²) in [7, 11) is -1.74. The van der Waals surface area contributed by atoms with Gasteiger partial charge in [-0.2, -0.15) is 5.10 Å². The molecule has 8 heteroatoms. The molecule has 0 amide bonds. The van der Waals surface area contributed by atoms with Crippen molar-refractivity contribution in [2.24, 2.45) is 12.5 Å². The minimum atomic E-state index is -3.50. The Kier molecular flexibility index (Phi) is 5.83. The lowest BCUT2D eigenvalue weighted by atomic mass is 9.83. The van der Waals surface area contributed by atoms with E-state index in [0.29, 0.717) is 22.8 Å². The number of hydrogen-bond acceptors (Lipinski definition) is 4. The number of sulfonamides is 1. The van der Waals surface area contributed by atoms with Crippen molar-refractivity contribution >= 4 is 22.4 Å². The van der Waals surface area contributed by atoms with Gasteiger partial charge in [-0.3, -0.25) is 4.68 Å². The molecular formula is C13H25ClN4O2S. The first-order valence-corrected chi connectivity index (χ1v) is 8.44. The molecule has 1 aromatic rings. The third kappa shape index (κ3) is 3.97. The quantitative estimate of drug-likeness (QED) is 0.864. The van der Waals surface area contributed by atoms with E-state index >= 15 is 0 Å². The maximum absolute atomic E-state index is 12.5. The van der Waals surface area contributed by atoms with Crippen LogP contribution in [0.2, 0.25) is 0 Å². The summed E-state index contributed by atoms with van der Waals surface area (Å²) in [6, 6.07) is 0. The molecule has 2 N–H and O–H groups in total. The van der Waals surface area contributed by atoms with Gasteiger partial charge in [-0.1, -0.05) is 6.92 Å². The minimum absolute atomic E-state index is 0. The van der Waals surface area contributed by atoms with Gasteiger partial charge in [0.1, 0.15) is 4.90 Å². The van der Waals surface area contributed by atoms with Crippen LogP contribution in [0.5, 0.6) is 0 Å². The van der Waals surface area contributed by atoms with E-state index in [-0.39, 0.29) is 17.8 Å². The molecule has 0 aliphatic carbocycles. The Bertz CT molecular complexity index is 592. The Morgan fingerprint density at radius 2 is 2.10 bits per heavy atom. The summed E-state index contributed by atoms with van der Waals surface area (Å²) in [4.78, 5) is 0.312. The van der Waals surface area contributed by atoms with Crippen LogP contribution in [-0.4, -0.2) is 37.8 Å². The van der Waals surface area contributed by atoms with Gasteiger partial charge in [-0.15, -0.1) is 12.4 Å². The third-order valence-electron chi connectivity index (χ3n) is 4.09.